The predicted molar refractivity (Wildman–Crippen MR) is 91.8 cm³/mol. The maximum Gasteiger partial charge on any atom is 0.407 e. The lowest BCUT2D eigenvalue weighted by Gasteiger charge is -2.33. The highest BCUT2D eigenvalue weighted by atomic mass is 16.6. The van der Waals surface area contributed by atoms with Crippen molar-refractivity contribution in [1.82, 2.24) is 5.32 Å². The molecule has 0 unspecified atom stereocenters. The number of carbonyl (C=O) groups excluding carboxylic acids is 2. The minimum absolute atomic E-state index is 0.0353. The van der Waals surface area contributed by atoms with Crippen molar-refractivity contribution < 1.29 is 19.1 Å². The van der Waals surface area contributed by atoms with Gasteiger partial charge in [0, 0.05) is 12.8 Å². The van der Waals surface area contributed by atoms with Crippen molar-refractivity contribution >= 4 is 11.9 Å². The SMILES string of the molecule is CC(C)(C)OC(=O)N[C@H](Cc1ccccc1)[C@H]1CC(=O)C[C@H](C#N)O1. The molecule has 6 heteroatoms. The van der Waals surface area contributed by atoms with Gasteiger partial charge in [-0.3, -0.25) is 4.79 Å². The third kappa shape index (κ3) is 6.20. The van der Waals surface area contributed by atoms with Crippen molar-refractivity contribution in [1.29, 1.82) is 5.26 Å². The molecule has 6 nitrogen and oxygen atoms in total. The normalized spacial score (nSPS) is 21.9. The van der Waals surface area contributed by atoms with Crippen LogP contribution in [-0.2, 0) is 20.7 Å². The number of alkyl carbamates (subject to hydrolysis) is 1. The highest BCUT2D eigenvalue weighted by molar-refractivity contribution is 5.80. The van der Waals surface area contributed by atoms with Crippen LogP contribution < -0.4 is 5.32 Å². The topological polar surface area (TPSA) is 88.4 Å². The van der Waals surface area contributed by atoms with E-state index in [2.05, 4.69) is 5.32 Å². The monoisotopic (exact) mass is 344 g/mol. The summed E-state index contributed by atoms with van der Waals surface area (Å²) in [6.45, 7) is 5.35. The van der Waals surface area contributed by atoms with Gasteiger partial charge >= 0.3 is 6.09 Å². The molecule has 1 aromatic carbocycles. The van der Waals surface area contributed by atoms with Crippen LogP contribution >= 0.6 is 0 Å². The van der Waals surface area contributed by atoms with Crippen LogP contribution in [0.2, 0.25) is 0 Å². The van der Waals surface area contributed by atoms with Crippen molar-refractivity contribution in [2.75, 3.05) is 0 Å². The van der Waals surface area contributed by atoms with Crippen LogP contribution in [0.25, 0.3) is 0 Å². The van der Waals surface area contributed by atoms with Crippen molar-refractivity contribution in [2.45, 2.75) is 63.9 Å². The molecule has 3 atom stereocenters. The zero-order valence-corrected chi connectivity index (χ0v) is 14.8. The van der Waals surface area contributed by atoms with Crippen LogP contribution in [0.15, 0.2) is 30.3 Å². The predicted octanol–water partition coefficient (Wildman–Crippen LogP) is 2.76. The number of rotatable bonds is 4. The number of hydrogen-bond acceptors (Lipinski definition) is 5. The summed E-state index contributed by atoms with van der Waals surface area (Å²) in [5, 5.41) is 11.9. The number of nitriles is 1. The Hall–Kier alpha value is -2.39. The molecule has 1 aliphatic rings. The molecule has 2 rings (SSSR count). The Labute approximate surface area is 148 Å². The van der Waals surface area contributed by atoms with Crippen LogP contribution in [0.3, 0.4) is 0 Å². The first kappa shape index (κ1) is 18.9. The largest absolute Gasteiger partial charge is 0.444 e. The lowest BCUT2D eigenvalue weighted by molar-refractivity contribution is -0.133. The summed E-state index contributed by atoms with van der Waals surface area (Å²) in [5.41, 5.74) is 0.374. The average molecular weight is 344 g/mol. The Morgan fingerprint density at radius 2 is 2.04 bits per heavy atom. The fraction of sp³-hybridized carbons (Fsp3) is 0.526. The number of benzene rings is 1. The lowest BCUT2D eigenvalue weighted by Crippen LogP contribution is -2.51. The summed E-state index contributed by atoms with van der Waals surface area (Å²) < 4.78 is 11.0. The average Bonchev–Trinajstić information content (AvgIpc) is 2.53. The molecule has 1 fully saturated rings. The van der Waals surface area contributed by atoms with Gasteiger partial charge in [-0.25, -0.2) is 4.79 Å². The minimum Gasteiger partial charge on any atom is -0.444 e. The van der Waals surface area contributed by atoms with Gasteiger partial charge in [-0.1, -0.05) is 30.3 Å². The third-order valence-electron chi connectivity index (χ3n) is 3.77. The van der Waals surface area contributed by atoms with E-state index in [4.69, 9.17) is 14.7 Å². The zero-order chi connectivity index (χ0) is 18.4. The zero-order valence-electron chi connectivity index (χ0n) is 14.8. The van der Waals surface area contributed by atoms with Crippen LogP contribution in [0.5, 0.6) is 0 Å². The van der Waals surface area contributed by atoms with Gasteiger partial charge in [0.05, 0.1) is 18.2 Å². The van der Waals surface area contributed by atoms with Crippen LogP contribution in [0, 0.1) is 11.3 Å². The summed E-state index contributed by atoms with van der Waals surface area (Å²) in [4.78, 5) is 24.1. The number of nitrogens with zero attached hydrogens (tertiary/aromatic N) is 1. The van der Waals surface area contributed by atoms with Gasteiger partial charge in [-0.05, 0) is 32.8 Å². The fourth-order valence-electron chi connectivity index (χ4n) is 2.74. The molecule has 1 heterocycles. The first-order valence-electron chi connectivity index (χ1n) is 8.37. The maximum atomic E-state index is 12.2. The molecule has 1 aromatic rings. The van der Waals surface area contributed by atoms with E-state index in [1.54, 1.807) is 20.8 Å². The quantitative estimate of drug-likeness (QED) is 0.907. The molecule has 1 aliphatic heterocycles. The Kier molecular flexibility index (Phi) is 6.16. The Morgan fingerprint density at radius 1 is 1.36 bits per heavy atom. The van der Waals surface area contributed by atoms with Crippen LogP contribution in [0.4, 0.5) is 4.79 Å². The molecule has 0 aliphatic carbocycles. The Bertz CT molecular complexity index is 646. The fourth-order valence-corrected chi connectivity index (χ4v) is 2.74. The van der Waals surface area contributed by atoms with Gasteiger partial charge in [0.25, 0.3) is 0 Å². The van der Waals surface area contributed by atoms with Gasteiger partial charge in [-0.2, -0.15) is 5.26 Å². The van der Waals surface area contributed by atoms with Gasteiger partial charge in [0.1, 0.15) is 11.4 Å². The van der Waals surface area contributed by atoms with E-state index in [0.29, 0.717) is 6.42 Å². The Morgan fingerprint density at radius 3 is 2.64 bits per heavy atom. The summed E-state index contributed by atoms with van der Waals surface area (Å²) in [6, 6.07) is 11.1. The van der Waals surface area contributed by atoms with E-state index in [9.17, 15) is 9.59 Å². The first-order chi connectivity index (χ1) is 11.8. The van der Waals surface area contributed by atoms with Gasteiger partial charge < -0.3 is 14.8 Å². The summed E-state index contributed by atoms with van der Waals surface area (Å²) in [7, 11) is 0. The van der Waals surface area contributed by atoms with E-state index >= 15 is 0 Å². The molecule has 0 bridgehead atoms. The molecule has 0 aromatic heterocycles. The van der Waals surface area contributed by atoms with E-state index in [1.807, 2.05) is 36.4 Å². The number of ether oxygens (including phenoxy) is 2. The number of amides is 1. The third-order valence-corrected chi connectivity index (χ3v) is 3.77. The van der Waals surface area contributed by atoms with E-state index < -0.39 is 29.9 Å². The lowest BCUT2D eigenvalue weighted by atomic mass is 9.94. The van der Waals surface area contributed by atoms with Crippen LogP contribution in [-0.4, -0.2) is 35.7 Å². The molecule has 0 radical (unpaired) electrons. The van der Waals surface area contributed by atoms with Gasteiger partial charge in [0.15, 0.2) is 6.10 Å². The maximum absolute atomic E-state index is 12.2. The molecule has 0 saturated carbocycles. The van der Waals surface area contributed by atoms with Crippen molar-refractivity contribution in [3.05, 3.63) is 35.9 Å². The number of carbonyl (C=O) groups is 2. The summed E-state index contributed by atoms with van der Waals surface area (Å²) >= 11 is 0. The molecular formula is C19H24N2O4. The van der Waals surface area contributed by atoms with Gasteiger partial charge in [0.2, 0.25) is 0 Å². The molecule has 1 amide bonds. The highest BCUT2D eigenvalue weighted by Gasteiger charge is 2.35. The molecular weight excluding hydrogens is 320 g/mol. The number of nitrogens with one attached hydrogen (secondary N) is 1. The highest BCUT2D eigenvalue weighted by Crippen LogP contribution is 2.21. The van der Waals surface area contributed by atoms with Crippen molar-refractivity contribution in [3.8, 4) is 6.07 Å². The van der Waals surface area contributed by atoms with Crippen molar-refractivity contribution in [3.63, 3.8) is 0 Å². The molecule has 25 heavy (non-hydrogen) atoms. The smallest absolute Gasteiger partial charge is 0.407 e. The minimum atomic E-state index is -0.773. The summed E-state index contributed by atoms with van der Waals surface area (Å²) in [5.74, 6) is -0.0353. The standard InChI is InChI=1S/C19H24N2O4/c1-19(2,3)25-18(23)21-16(9-13-7-5-4-6-8-13)17-11-14(22)10-15(12-20)24-17/h4-8,15-17H,9-11H2,1-3H3,(H,21,23)/t15-,16-,17-/m1/s1. The second-order valence-corrected chi connectivity index (χ2v) is 7.18. The second-order valence-electron chi connectivity index (χ2n) is 7.18. The van der Waals surface area contributed by atoms with Crippen LogP contribution in [0.1, 0.15) is 39.2 Å². The molecule has 0 spiro atoms. The van der Waals surface area contributed by atoms with Crippen molar-refractivity contribution in [2.24, 2.45) is 0 Å². The number of hydrogen-bond donors (Lipinski definition) is 1. The molecule has 134 valence electrons. The molecule has 1 N–H and O–H groups in total. The first-order valence-corrected chi connectivity index (χ1v) is 8.37. The second kappa shape index (κ2) is 8.13. The van der Waals surface area contributed by atoms with E-state index in [1.165, 1.54) is 0 Å². The summed E-state index contributed by atoms with van der Waals surface area (Å²) in [6.07, 6.45) is -1.15. The van der Waals surface area contributed by atoms with E-state index in [-0.39, 0.29) is 18.6 Å². The number of ketones is 1. The Balaban J connectivity index is 2.15. The van der Waals surface area contributed by atoms with Gasteiger partial charge in [-0.15, -0.1) is 0 Å². The number of Topliss-reactive ketones (excluding diaryl/α,β-unsaturated/α-hetero) is 1. The molecule has 1 saturated heterocycles. The van der Waals surface area contributed by atoms with E-state index in [0.717, 1.165) is 5.56 Å².